The van der Waals surface area contributed by atoms with Gasteiger partial charge in [-0.05, 0) is 218 Å². The van der Waals surface area contributed by atoms with Gasteiger partial charge in [-0.2, -0.15) is 0 Å². The first-order valence-corrected chi connectivity index (χ1v) is 43.9. The van der Waals surface area contributed by atoms with Gasteiger partial charge in [-0.15, -0.1) is 0 Å². The standard InChI is InChI=1S/C121H85N9/c1-121(2,3)103-67-68-122-114(77-103)93-61-64-110(111(76-93)84-37-17-8-18-38-84)109-52-24-23-51-108(109)102-74-100(106-49-21-19-47-104(106)85-53-57-87(58-54-85)112-65-62-98(78-123-112)119-127-115(94-43-25-39-89(69-94)80-29-9-4-10-30-80)125-116(128-119)95-44-26-40-90(70-95)81-31-11-5-12-32-81)73-101(75-102)107-50-22-20-48-105(107)86-55-59-88(60-56-86)113-66-63-99(79-124-113)120-129-117(96-45-27-41-91(71-96)82-33-13-6-14-34-82)126-118(130-120)97-46-28-42-92(72-97)83-35-15-7-16-36-83/h4-79H,1-3H3. The third-order valence-corrected chi connectivity index (χ3v) is 24.2. The maximum Gasteiger partial charge on any atom is 0.165 e. The number of nitrogens with zero attached hydrogens (tertiary/aromatic N) is 9. The largest absolute Gasteiger partial charge is 0.256 e. The highest BCUT2D eigenvalue weighted by atomic mass is 15.0. The van der Waals surface area contributed by atoms with E-state index in [1.807, 2.05) is 42.9 Å². The average molecular weight is 1670 g/mol. The summed E-state index contributed by atoms with van der Waals surface area (Å²) in [5.74, 6) is 3.35. The van der Waals surface area contributed by atoms with Crippen LogP contribution in [0.15, 0.2) is 461 Å². The maximum absolute atomic E-state index is 5.19. The van der Waals surface area contributed by atoms with Crippen molar-refractivity contribution in [3.63, 3.8) is 0 Å². The van der Waals surface area contributed by atoms with Crippen LogP contribution in [0.5, 0.6) is 0 Å². The fourth-order valence-corrected chi connectivity index (χ4v) is 17.3. The first kappa shape index (κ1) is 80.1. The highest BCUT2D eigenvalue weighted by Gasteiger charge is 2.24. The van der Waals surface area contributed by atoms with Crippen molar-refractivity contribution >= 4 is 0 Å². The van der Waals surface area contributed by atoms with Gasteiger partial charge in [0.25, 0.3) is 0 Å². The molecular formula is C121H85N9. The van der Waals surface area contributed by atoms with Crippen LogP contribution in [0.1, 0.15) is 26.3 Å². The van der Waals surface area contributed by atoms with Crippen LogP contribution in [0.4, 0.5) is 0 Å². The monoisotopic (exact) mass is 1660 g/mol. The Hall–Kier alpha value is -17.0. The van der Waals surface area contributed by atoms with Gasteiger partial charge < -0.3 is 0 Å². The molecule has 0 atom stereocenters. The van der Waals surface area contributed by atoms with E-state index >= 15 is 0 Å². The van der Waals surface area contributed by atoms with E-state index in [2.05, 4.69) is 439 Å². The van der Waals surface area contributed by atoms with Gasteiger partial charge in [-0.25, -0.2) is 29.9 Å². The highest BCUT2D eigenvalue weighted by molar-refractivity contribution is 5.98. The molecule has 0 fully saturated rings. The van der Waals surface area contributed by atoms with Crippen LogP contribution in [-0.2, 0) is 5.41 Å². The molecule has 0 N–H and O–H groups in total. The quantitative estimate of drug-likeness (QED) is 0.0735. The molecule has 0 aliphatic heterocycles. The molecule has 5 heterocycles. The Morgan fingerprint density at radius 2 is 0.400 bits per heavy atom. The molecule has 5 aromatic heterocycles. The normalized spacial score (nSPS) is 11.3. The van der Waals surface area contributed by atoms with Crippen LogP contribution in [0.3, 0.4) is 0 Å². The molecule has 0 saturated heterocycles. The fourth-order valence-electron chi connectivity index (χ4n) is 17.3. The molecule has 0 amide bonds. The van der Waals surface area contributed by atoms with E-state index in [1.165, 1.54) is 5.56 Å². The van der Waals surface area contributed by atoms with E-state index < -0.39 is 0 Å². The number of benzene rings is 16. The minimum Gasteiger partial charge on any atom is -0.256 e. The minimum atomic E-state index is -0.0515. The molecule has 0 saturated carbocycles. The Balaban J connectivity index is 0.631. The number of hydrogen-bond acceptors (Lipinski definition) is 9. The van der Waals surface area contributed by atoms with Crippen molar-refractivity contribution in [2.75, 3.05) is 0 Å². The van der Waals surface area contributed by atoms with Crippen molar-refractivity contribution in [1.82, 2.24) is 44.9 Å². The van der Waals surface area contributed by atoms with Crippen LogP contribution in [0.2, 0.25) is 0 Å². The zero-order chi connectivity index (χ0) is 87.3. The fraction of sp³-hybridized carbons (Fsp3) is 0.0331. The van der Waals surface area contributed by atoms with Gasteiger partial charge in [0.1, 0.15) is 0 Å². The topological polar surface area (TPSA) is 116 Å². The predicted molar refractivity (Wildman–Crippen MR) is 534 cm³/mol. The smallest absolute Gasteiger partial charge is 0.165 e. The number of hydrogen-bond donors (Lipinski definition) is 0. The summed E-state index contributed by atoms with van der Waals surface area (Å²) in [4.78, 5) is 46.4. The second-order valence-corrected chi connectivity index (χ2v) is 33.7. The summed E-state index contributed by atoms with van der Waals surface area (Å²) >= 11 is 0. The van der Waals surface area contributed by atoms with E-state index in [4.69, 9.17) is 44.9 Å². The van der Waals surface area contributed by atoms with Crippen LogP contribution < -0.4 is 0 Å². The molecule has 0 bridgehead atoms. The lowest BCUT2D eigenvalue weighted by atomic mass is 9.84. The van der Waals surface area contributed by atoms with Crippen molar-refractivity contribution in [3.05, 3.63) is 467 Å². The number of pyridine rings is 3. The van der Waals surface area contributed by atoms with Crippen molar-refractivity contribution in [2.24, 2.45) is 0 Å². The summed E-state index contributed by atoms with van der Waals surface area (Å²) in [6, 6.07) is 157. The van der Waals surface area contributed by atoms with Gasteiger partial charge >= 0.3 is 0 Å². The third kappa shape index (κ3) is 17.0. The van der Waals surface area contributed by atoms with Gasteiger partial charge in [-0.1, -0.05) is 379 Å². The van der Waals surface area contributed by atoms with Crippen molar-refractivity contribution < 1.29 is 0 Å². The molecule has 130 heavy (non-hydrogen) atoms. The lowest BCUT2D eigenvalue weighted by molar-refractivity contribution is 0.589. The second-order valence-electron chi connectivity index (χ2n) is 33.7. The molecule has 9 nitrogen and oxygen atoms in total. The SMILES string of the molecule is CC(C)(C)c1ccnc(-c2ccc(-c3ccccc3-c3cc(-c4ccccc4-c4ccc(-c5ccc(-c6nc(-c7cccc(-c8ccccc8)c7)nc(-c7cccc(-c8ccccc8)c7)n6)cn5)cc4)cc(-c4ccccc4-c4ccc(-c5ccc(-c6nc(-c7cccc(-c8ccccc8)c7)nc(-c7cccc(-c8ccccc8)c7)n6)cn5)cc4)c3)c(-c3ccccc3)c2)c1. The van der Waals surface area contributed by atoms with Crippen molar-refractivity contribution in [1.29, 1.82) is 0 Å². The number of aromatic nitrogens is 9. The summed E-state index contributed by atoms with van der Waals surface area (Å²) in [5.41, 5.74) is 35.9. The summed E-state index contributed by atoms with van der Waals surface area (Å²) in [7, 11) is 0. The van der Waals surface area contributed by atoms with Gasteiger partial charge in [0, 0.05) is 68.7 Å². The first-order valence-electron chi connectivity index (χ1n) is 43.9. The molecule has 0 radical (unpaired) electrons. The van der Waals surface area contributed by atoms with E-state index in [9.17, 15) is 0 Å². The predicted octanol–water partition coefficient (Wildman–Crippen LogP) is 30.9. The summed E-state index contributed by atoms with van der Waals surface area (Å²) in [5, 5.41) is 0. The molecule has 614 valence electrons. The summed E-state index contributed by atoms with van der Waals surface area (Å²) < 4.78 is 0. The van der Waals surface area contributed by atoms with E-state index in [0.29, 0.717) is 34.9 Å². The molecule has 21 rings (SSSR count). The van der Waals surface area contributed by atoms with Gasteiger partial charge in [0.15, 0.2) is 34.9 Å². The molecule has 21 aromatic rings. The lowest BCUT2D eigenvalue weighted by Crippen LogP contribution is -2.11. The Morgan fingerprint density at radius 3 is 0.738 bits per heavy atom. The van der Waals surface area contributed by atoms with Crippen molar-refractivity contribution in [2.45, 2.75) is 26.2 Å². The Labute approximate surface area is 757 Å². The molecule has 16 aromatic carbocycles. The Morgan fingerprint density at radius 1 is 0.146 bits per heavy atom. The van der Waals surface area contributed by atoms with Gasteiger partial charge in [-0.3, -0.25) is 15.0 Å². The average Bonchev–Trinajstić information content (AvgIpc) is 0.751. The molecule has 0 spiro atoms. The third-order valence-electron chi connectivity index (χ3n) is 24.2. The molecule has 9 heteroatoms. The first-order chi connectivity index (χ1) is 64.0. The van der Waals surface area contributed by atoms with Gasteiger partial charge in [0.05, 0.1) is 17.1 Å². The minimum absolute atomic E-state index is 0.0515. The molecule has 0 unspecified atom stereocenters. The van der Waals surface area contributed by atoms with Crippen LogP contribution in [-0.4, -0.2) is 44.9 Å². The molecule has 0 aliphatic rings. The van der Waals surface area contributed by atoms with Crippen LogP contribution in [0.25, 0.3) is 224 Å². The molecule has 0 aliphatic carbocycles. The number of rotatable bonds is 20. The second kappa shape index (κ2) is 35.6. The molecular weight excluding hydrogens is 1580 g/mol. The summed E-state index contributed by atoms with van der Waals surface area (Å²) in [6.07, 6.45) is 5.70. The van der Waals surface area contributed by atoms with Gasteiger partial charge in [0.2, 0.25) is 0 Å². The van der Waals surface area contributed by atoms with Crippen molar-refractivity contribution in [3.8, 4) is 224 Å². The lowest BCUT2D eigenvalue weighted by Gasteiger charge is -2.20. The van der Waals surface area contributed by atoms with E-state index in [0.717, 1.165) is 190 Å². The Bertz CT molecular complexity index is 7130. The van der Waals surface area contributed by atoms with Crippen LogP contribution in [0, 0.1) is 0 Å². The van der Waals surface area contributed by atoms with E-state index in [1.54, 1.807) is 0 Å². The highest BCUT2D eigenvalue weighted by Crippen LogP contribution is 2.47. The van der Waals surface area contributed by atoms with Crippen LogP contribution >= 0.6 is 0 Å². The zero-order valence-electron chi connectivity index (χ0n) is 71.9. The zero-order valence-corrected chi connectivity index (χ0v) is 71.9. The Kier molecular flexibility index (Phi) is 21.9. The maximum atomic E-state index is 5.19. The summed E-state index contributed by atoms with van der Waals surface area (Å²) in [6.45, 7) is 6.76. The van der Waals surface area contributed by atoms with E-state index in [-0.39, 0.29) is 5.41 Å².